The molecule has 19 heavy (non-hydrogen) atoms. The number of anilines is 1. The number of ether oxygens (including phenoxy) is 1. The van der Waals surface area contributed by atoms with Gasteiger partial charge in [-0.15, -0.1) is 4.91 Å². The number of hydrogen-bond acceptors (Lipinski definition) is 5. The van der Waals surface area contributed by atoms with Gasteiger partial charge in [0, 0.05) is 23.1 Å². The van der Waals surface area contributed by atoms with Gasteiger partial charge in [-0.05, 0) is 29.8 Å². The molecule has 1 aromatic rings. The van der Waals surface area contributed by atoms with Gasteiger partial charge in [0.05, 0.1) is 12.8 Å². The Bertz CT molecular complexity index is 543. The van der Waals surface area contributed by atoms with Gasteiger partial charge >= 0.3 is 5.97 Å². The first-order chi connectivity index (χ1) is 9.15. The van der Waals surface area contributed by atoms with Crippen molar-refractivity contribution in [3.63, 3.8) is 0 Å². The van der Waals surface area contributed by atoms with Crippen molar-refractivity contribution in [2.24, 2.45) is 5.18 Å². The van der Waals surface area contributed by atoms with E-state index in [1.807, 2.05) is 17.0 Å². The maximum Gasteiger partial charge on any atom is 0.333 e. The van der Waals surface area contributed by atoms with Crippen molar-refractivity contribution in [3.05, 3.63) is 39.2 Å². The van der Waals surface area contributed by atoms with Gasteiger partial charge in [0.1, 0.15) is 5.69 Å². The molecule has 0 radical (unpaired) electrons. The number of rotatable bonds is 3. The van der Waals surface area contributed by atoms with Crippen LogP contribution in [0.2, 0.25) is 0 Å². The van der Waals surface area contributed by atoms with Gasteiger partial charge in [-0.25, -0.2) is 4.79 Å². The highest BCUT2D eigenvalue weighted by Crippen LogP contribution is 2.33. The summed E-state index contributed by atoms with van der Waals surface area (Å²) in [4.78, 5) is 24.2. The molecule has 0 saturated carbocycles. The lowest BCUT2D eigenvalue weighted by Gasteiger charge is -2.28. The molecular weight excluding hydrogens is 312 g/mol. The van der Waals surface area contributed by atoms with Crippen LogP contribution < -0.4 is 4.90 Å². The Hall–Kier alpha value is -1.69. The topological polar surface area (TPSA) is 59.0 Å². The molecule has 0 N–H and O–H groups in total. The van der Waals surface area contributed by atoms with E-state index >= 15 is 0 Å². The lowest BCUT2D eigenvalue weighted by molar-refractivity contribution is -0.136. The van der Waals surface area contributed by atoms with Gasteiger partial charge in [-0.2, -0.15) is 0 Å². The summed E-state index contributed by atoms with van der Waals surface area (Å²) in [6.07, 6.45) is 2.42. The second kappa shape index (κ2) is 5.97. The molecule has 1 heterocycles. The largest absolute Gasteiger partial charge is 0.466 e. The highest BCUT2D eigenvalue weighted by Gasteiger charge is 2.19. The van der Waals surface area contributed by atoms with Crippen molar-refractivity contribution in [2.75, 3.05) is 25.1 Å². The minimum Gasteiger partial charge on any atom is -0.466 e. The van der Waals surface area contributed by atoms with Crippen LogP contribution in [0.15, 0.2) is 39.5 Å². The van der Waals surface area contributed by atoms with Gasteiger partial charge in [0.25, 0.3) is 0 Å². The summed E-state index contributed by atoms with van der Waals surface area (Å²) in [5, 5.41) is 3.03. The molecule has 0 aromatic heterocycles. The normalized spacial score (nSPS) is 14.8. The second-order valence-electron chi connectivity index (χ2n) is 4.14. The first-order valence-corrected chi connectivity index (χ1v) is 6.60. The molecule has 0 spiro atoms. The Labute approximate surface area is 119 Å². The number of benzene rings is 1. The predicted molar refractivity (Wildman–Crippen MR) is 76.5 cm³/mol. The summed E-state index contributed by atoms with van der Waals surface area (Å²) < 4.78 is 5.58. The highest BCUT2D eigenvalue weighted by atomic mass is 79.9. The van der Waals surface area contributed by atoms with Crippen LogP contribution in [-0.4, -0.2) is 26.2 Å². The molecule has 0 aliphatic carbocycles. The van der Waals surface area contributed by atoms with E-state index in [4.69, 9.17) is 4.74 Å². The molecule has 0 saturated heterocycles. The number of esters is 1. The number of halogens is 1. The fourth-order valence-electron chi connectivity index (χ4n) is 2.03. The zero-order valence-corrected chi connectivity index (χ0v) is 12.0. The number of methoxy groups -OCH3 is 1. The fourth-order valence-corrected chi connectivity index (χ4v) is 2.38. The molecule has 0 unspecified atom stereocenters. The van der Waals surface area contributed by atoms with Crippen LogP contribution in [0.5, 0.6) is 0 Å². The van der Waals surface area contributed by atoms with Crippen molar-refractivity contribution in [1.29, 1.82) is 0 Å². The Morgan fingerprint density at radius 3 is 2.84 bits per heavy atom. The van der Waals surface area contributed by atoms with Crippen LogP contribution in [0.25, 0.3) is 0 Å². The van der Waals surface area contributed by atoms with E-state index in [0.717, 1.165) is 10.2 Å². The third-order valence-electron chi connectivity index (χ3n) is 3.03. The van der Waals surface area contributed by atoms with Crippen LogP contribution in [0.4, 0.5) is 11.4 Å². The quantitative estimate of drug-likeness (QED) is 0.633. The minimum atomic E-state index is -0.289. The number of carbonyl (C=O) groups excluding carboxylic acids is 1. The highest BCUT2D eigenvalue weighted by molar-refractivity contribution is 9.10. The predicted octanol–water partition coefficient (Wildman–Crippen LogP) is 3.16. The molecule has 0 bridgehead atoms. The third kappa shape index (κ3) is 3.01. The maximum absolute atomic E-state index is 11.4. The third-order valence-corrected chi connectivity index (χ3v) is 3.53. The number of nitroso groups, excluding NO2 is 1. The average Bonchev–Trinajstić information content (AvgIpc) is 2.46. The van der Waals surface area contributed by atoms with Gasteiger partial charge in [-0.1, -0.05) is 22.0 Å². The van der Waals surface area contributed by atoms with E-state index in [2.05, 4.69) is 21.1 Å². The zero-order valence-electron chi connectivity index (χ0n) is 10.4. The molecule has 1 aliphatic heterocycles. The molecule has 6 heteroatoms. The van der Waals surface area contributed by atoms with Crippen LogP contribution in [-0.2, 0) is 9.53 Å². The molecular formula is C13H13BrN2O3. The van der Waals surface area contributed by atoms with Crippen molar-refractivity contribution in [3.8, 4) is 0 Å². The summed E-state index contributed by atoms with van der Waals surface area (Å²) in [5.41, 5.74) is 1.84. The summed E-state index contributed by atoms with van der Waals surface area (Å²) in [6.45, 7) is 1.21. The van der Waals surface area contributed by atoms with Crippen molar-refractivity contribution in [1.82, 2.24) is 0 Å². The molecule has 0 amide bonds. The van der Waals surface area contributed by atoms with E-state index in [0.29, 0.717) is 30.8 Å². The zero-order chi connectivity index (χ0) is 13.8. The van der Waals surface area contributed by atoms with Crippen LogP contribution in [0.1, 0.15) is 6.42 Å². The second-order valence-corrected chi connectivity index (χ2v) is 5.06. The fraction of sp³-hybridized carbons (Fsp3) is 0.308. The van der Waals surface area contributed by atoms with Gasteiger partial charge < -0.3 is 9.64 Å². The summed E-state index contributed by atoms with van der Waals surface area (Å²) >= 11 is 3.38. The summed E-state index contributed by atoms with van der Waals surface area (Å²) in [5.74, 6) is -0.289. The molecule has 0 fully saturated rings. The Kier molecular flexibility index (Phi) is 4.31. The van der Waals surface area contributed by atoms with Crippen molar-refractivity contribution >= 4 is 33.3 Å². The van der Waals surface area contributed by atoms with E-state index in [-0.39, 0.29) is 5.97 Å². The SMILES string of the molecule is COC(=O)C1=CCN(c2cc(Br)ccc2N=O)CC1. The van der Waals surface area contributed by atoms with Crippen LogP contribution in [0.3, 0.4) is 0 Å². The number of nitrogens with zero attached hydrogens (tertiary/aromatic N) is 2. The van der Waals surface area contributed by atoms with E-state index in [1.54, 1.807) is 12.1 Å². The van der Waals surface area contributed by atoms with E-state index < -0.39 is 0 Å². The van der Waals surface area contributed by atoms with E-state index in [9.17, 15) is 9.70 Å². The lowest BCUT2D eigenvalue weighted by Crippen LogP contribution is -2.30. The molecule has 1 aliphatic rings. The van der Waals surface area contributed by atoms with E-state index in [1.165, 1.54) is 7.11 Å². The van der Waals surface area contributed by atoms with Gasteiger partial charge in [-0.3, -0.25) is 0 Å². The minimum absolute atomic E-state index is 0.289. The Morgan fingerprint density at radius 2 is 2.26 bits per heavy atom. The Morgan fingerprint density at radius 1 is 1.47 bits per heavy atom. The first-order valence-electron chi connectivity index (χ1n) is 5.81. The first kappa shape index (κ1) is 13.7. The average molecular weight is 325 g/mol. The lowest BCUT2D eigenvalue weighted by atomic mass is 10.1. The van der Waals surface area contributed by atoms with Crippen LogP contribution in [0, 0.1) is 4.91 Å². The molecule has 2 rings (SSSR count). The molecule has 0 atom stereocenters. The van der Waals surface area contributed by atoms with Crippen LogP contribution >= 0.6 is 15.9 Å². The van der Waals surface area contributed by atoms with Crippen molar-refractivity contribution in [2.45, 2.75) is 6.42 Å². The summed E-state index contributed by atoms with van der Waals surface area (Å²) in [7, 11) is 1.37. The molecule has 100 valence electrons. The molecule has 5 nitrogen and oxygen atoms in total. The number of hydrogen-bond donors (Lipinski definition) is 0. The summed E-state index contributed by atoms with van der Waals surface area (Å²) in [6, 6.07) is 5.31. The molecule has 1 aromatic carbocycles. The Balaban J connectivity index is 2.22. The van der Waals surface area contributed by atoms with Crippen molar-refractivity contribution < 1.29 is 9.53 Å². The smallest absolute Gasteiger partial charge is 0.333 e. The maximum atomic E-state index is 11.4. The van der Waals surface area contributed by atoms with Gasteiger partial charge in [0.2, 0.25) is 0 Å². The standard InChI is InChI=1S/C13H13BrN2O3/c1-19-13(17)9-4-6-16(7-5-9)12-8-10(14)2-3-11(12)15-18/h2-4,8H,5-7H2,1H3. The monoisotopic (exact) mass is 324 g/mol. The number of carbonyl (C=O) groups is 1. The van der Waals surface area contributed by atoms with Gasteiger partial charge in [0.15, 0.2) is 0 Å².